The van der Waals surface area contributed by atoms with E-state index >= 15 is 0 Å². The van der Waals surface area contributed by atoms with E-state index in [1.54, 1.807) is 7.11 Å². The predicted molar refractivity (Wildman–Crippen MR) is 93.9 cm³/mol. The standard InChI is InChI=1S/C19H27NO5/c1-24-15-7-9-16(10-8-15)25-13-5-6-17(21)20-14-19(18(22)23)11-3-2-4-12-19/h7-10H,2-6,11-14H2,1H3,(H,20,21)(H,22,23). The number of hydrogen-bond acceptors (Lipinski definition) is 4. The summed E-state index contributed by atoms with van der Waals surface area (Å²) < 4.78 is 10.7. The molecule has 0 bridgehead atoms. The van der Waals surface area contributed by atoms with E-state index in [9.17, 15) is 14.7 Å². The number of methoxy groups -OCH3 is 1. The number of carbonyl (C=O) groups excluding carboxylic acids is 1. The second kappa shape index (κ2) is 9.30. The Bertz CT molecular complexity index is 564. The first kappa shape index (κ1) is 19.1. The van der Waals surface area contributed by atoms with Crippen LogP contribution in [0.4, 0.5) is 0 Å². The number of aliphatic carboxylic acids is 1. The number of carboxylic acid groups (broad SMARTS) is 1. The molecule has 6 nitrogen and oxygen atoms in total. The zero-order valence-corrected chi connectivity index (χ0v) is 14.8. The van der Waals surface area contributed by atoms with E-state index in [4.69, 9.17) is 9.47 Å². The number of benzene rings is 1. The van der Waals surface area contributed by atoms with Gasteiger partial charge in [0.05, 0.1) is 19.1 Å². The number of nitrogens with one attached hydrogen (secondary N) is 1. The summed E-state index contributed by atoms with van der Waals surface area (Å²) >= 11 is 0. The van der Waals surface area contributed by atoms with Gasteiger partial charge < -0.3 is 19.9 Å². The van der Waals surface area contributed by atoms with Crippen LogP contribution in [0.15, 0.2) is 24.3 Å². The lowest BCUT2D eigenvalue weighted by molar-refractivity contribution is -0.151. The van der Waals surface area contributed by atoms with Crippen LogP contribution in [0, 0.1) is 5.41 Å². The monoisotopic (exact) mass is 349 g/mol. The number of hydrogen-bond donors (Lipinski definition) is 2. The Morgan fingerprint density at radius 2 is 1.76 bits per heavy atom. The smallest absolute Gasteiger partial charge is 0.311 e. The van der Waals surface area contributed by atoms with Crippen LogP contribution < -0.4 is 14.8 Å². The molecule has 1 aliphatic rings. The number of ether oxygens (including phenoxy) is 2. The van der Waals surface area contributed by atoms with Gasteiger partial charge >= 0.3 is 5.97 Å². The molecule has 0 saturated heterocycles. The van der Waals surface area contributed by atoms with Crippen molar-refractivity contribution in [1.82, 2.24) is 5.32 Å². The maximum absolute atomic E-state index is 12.0. The van der Waals surface area contributed by atoms with Crippen molar-refractivity contribution in [3.8, 4) is 11.5 Å². The third-order valence-corrected chi connectivity index (χ3v) is 4.76. The van der Waals surface area contributed by atoms with Gasteiger partial charge in [0.1, 0.15) is 11.5 Å². The van der Waals surface area contributed by atoms with Gasteiger partial charge in [-0.05, 0) is 43.5 Å². The second-order valence-electron chi connectivity index (χ2n) is 6.55. The number of amides is 1. The van der Waals surface area contributed by atoms with E-state index in [1.807, 2.05) is 24.3 Å². The lowest BCUT2D eigenvalue weighted by Gasteiger charge is -2.33. The summed E-state index contributed by atoms with van der Waals surface area (Å²) in [6.07, 6.45) is 5.09. The molecule has 0 heterocycles. The molecular weight excluding hydrogens is 322 g/mol. The van der Waals surface area contributed by atoms with Gasteiger partial charge in [-0.15, -0.1) is 0 Å². The van der Waals surface area contributed by atoms with Crippen molar-refractivity contribution in [2.45, 2.75) is 44.9 Å². The van der Waals surface area contributed by atoms with Gasteiger partial charge in [-0.25, -0.2) is 0 Å². The van der Waals surface area contributed by atoms with Crippen LogP contribution in [-0.4, -0.2) is 37.2 Å². The minimum absolute atomic E-state index is 0.121. The molecule has 1 aromatic rings. The molecular formula is C19H27NO5. The van der Waals surface area contributed by atoms with Gasteiger partial charge in [0.15, 0.2) is 0 Å². The average molecular weight is 349 g/mol. The lowest BCUT2D eigenvalue weighted by Crippen LogP contribution is -2.44. The Morgan fingerprint density at radius 1 is 1.12 bits per heavy atom. The molecule has 0 atom stereocenters. The lowest BCUT2D eigenvalue weighted by atomic mass is 9.74. The van der Waals surface area contributed by atoms with Crippen molar-refractivity contribution >= 4 is 11.9 Å². The summed E-state index contributed by atoms with van der Waals surface area (Å²) in [5.74, 6) is 0.579. The highest BCUT2D eigenvalue weighted by atomic mass is 16.5. The summed E-state index contributed by atoms with van der Waals surface area (Å²) in [4.78, 5) is 23.5. The molecule has 0 aliphatic heterocycles. The molecule has 0 radical (unpaired) electrons. The Morgan fingerprint density at radius 3 is 2.36 bits per heavy atom. The highest BCUT2D eigenvalue weighted by Gasteiger charge is 2.39. The number of carbonyl (C=O) groups is 2. The summed E-state index contributed by atoms with van der Waals surface area (Å²) in [7, 11) is 1.61. The third-order valence-electron chi connectivity index (χ3n) is 4.76. The predicted octanol–water partition coefficient (Wildman–Crippen LogP) is 3.01. The van der Waals surface area contributed by atoms with E-state index in [0.717, 1.165) is 30.8 Å². The molecule has 138 valence electrons. The zero-order valence-electron chi connectivity index (χ0n) is 14.8. The largest absolute Gasteiger partial charge is 0.497 e. The van der Waals surface area contributed by atoms with Crippen LogP contribution in [0.1, 0.15) is 44.9 Å². The van der Waals surface area contributed by atoms with Crippen molar-refractivity contribution < 1.29 is 24.2 Å². The van der Waals surface area contributed by atoms with E-state index in [2.05, 4.69) is 5.32 Å². The zero-order chi connectivity index (χ0) is 18.1. The van der Waals surface area contributed by atoms with Crippen molar-refractivity contribution in [2.24, 2.45) is 5.41 Å². The van der Waals surface area contributed by atoms with Crippen LogP contribution in [-0.2, 0) is 9.59 Å². The fourth-order valence-corrected chi connectivity index (χ4v) is 3.15. The van der Waals surface area contributed by atoms with Gasteiger partial charge in [0.25, 0.3) is 0 Å². The summed E-state index contributed by atoms with van der Waals surface area (Å²) in [6, 6.07) is 7.27. The quantitative estimate of drug-likeness (QED) is 0.670. The molecule has 0 aromatic heterocycles. The minimum atomic E-state index is -0.796. The van der Waals surface area contributed by atoms with Gasteiger partial charge in [-0.3, -0.25) is 9.59 Å². The number of rotatable bonds is 9. The van der Waals surface area contributed by atoms with E-state index < -0.39 is 11.4 Å². The van der Waals surface area contributed by atoms with Gasteiger partial charge in [-0.1, -0.05) is 19.3 Å². The van der Waals surface area contributed by atoms with Crippen LogP contribution in [0.25, 0.3) is 0 Å². The number of carboxylic acids is 1. The summed E-state index contributed by atoms with van der Waals surface area (Å²) in [6.45, 7) is 0.657. The maximum atomic E-state index is 12.0. The van der Waals surface area contributed by atoms with Crippen molar-refractivity contribution in [1.29, 1.82) is 0 Å². The van der Waals surface area contributed by atoms with Crippen molar-refractivity contribution in [2.75, 3.05) is 20.3 Å². The first-order chi connectivity index (χ1) is 12.1. The molecule has 1 amide bonds. The highest BCUT2D eigenvalue weighted by Crippen LogP contribution is 2.36. The van der Waals surface area contributed by atoms with Crippen LogP contribution in [0.3, 0.4) is 0 Å². The average Bonchev–Trinajstić information content (AvgIpc) is 2.64. The van der Waals surface area contributed by atoms with Crippen LogP contribution >= 0.6 is 0 Å². The van der Waals surface area contributed by atoms with Crippen molar-refractivity contribution in [3.63, 3.8) is 0 Å². The Kier molecular flexibility index (Phi) is 7.10. The summed E-state index contributed by atoms with van der Waals surface area (Å²) in [5, 5.41) is 12.3. The Labute approximate surface area is 148 Å². The minimum Gasteiger partial charge on any atom is -0.497 e. The SMILES string of the molecule is COc1ccc(OCCCC(=O)NCC2(C(=O)O)CCCCC2)cc1. The Balaban J connectivity index is 1.67. The molecule has 2 rings (SSSR count). The molecule has 1 aliphatic carbocycles. The van der Waals surface area contributed by atoms with Gasteiger partial charge in [0, 0.05) is 13.0 Å². The van der Waals surface area contributed by atoms with Gasteiger partial charge in [0.2, 0.25) is 5.91 Å². The van der Waals surface area contributed by atoms with Gasteiger partial charge in [-0.2, -0.15) is 0 Å². The molecule has 0 spiro atoms. The normalized spacial score (nSPS) is 16.0. The molecule has 1 aromatic carbocycles. The topological polar surface area (TPSA) is 84.9 Å². The molecule has 25 heavy (non-hydrogen) atoms. The third kappa shape index (κ3) is 5.66. The molecule has 2 N–H and O–H groups in total. The molecule has 1 fully saturated rings. The Hall–Kier alpha value is -2.24. The second-order valence-corrected chi connectivity index (χ2v) is 6.55. The molecule has 0 unspecified atom stereocenters. The van der Waals surface area contributed by atoms with Crippen LogP contribution in [0.2, 0.25) is 0 Å². The fourth-order valence-electron chi connectivity index (χ4n) is 3.15. The fraction of sp³-hybridized carbons (Fsp3) is 0.579. The first-order valence-corrected chi connectivity index (χ1v) is 8.83. The van der Waals surface area contributed by atoms with Crippen molar-refractivity contribution in [3.05, 3.63) is 24.3 Å². The van der Waals surface area contributed by atoms with E-state index in [-0.39, 0.29) is 12.5 Å². The first-order valence-electron chi connectivity index (χ1n) is 8.83. The molecule has 6 heteroatoms. The maximum Gasteiger partial charge on any atom is 0.311 e. The van der Waals surface area contributed by atoms with Crippen LogP contribution in [0.5, 0.6) is 11.5 Å². The van der Waals surface area contributed by atoms with E-state index in [0.29, 0.717) is 32.3 Å². The van der Waals surface area contributed by atoms with E-state index in [1.165, 1.54) is 0 Å². The summed E-state index contributed by atoms with van der Waals surface area (Å²) in [5.41, 5.74) is -0.784. The highest BCUT2D eigenvalue weighted by molar-refractivity contribution is 5.79. The molecule has 1 saturated carbocycles.